The molecule has 1 N–H and O–H groups in total. The SMILES string of the molecule is CCC(C)N(CCOC)C1CCCC(C#N)(NC2CC2)C1. The maximum atomic E-state index is 9.73. The predicted octanol–water partition coefficient (Wildman–Crippen LogP) is 2.69. The molecule has 0 saturated heterocycles. The third-order valence-electron chi connectivity index (χ3n) is 5.18. The quantitative estimate of drug-likeness (QED) is 0.747. The van der Waals surface area contributed by atoms with Gasteiger partial charge in [0.2, 0.25) is 0 Å². The van der Waals surface area contributed by atoms with Crippen molar-refractivity contribution in [3.63, 3.8) is 0 Å². The molecule has 2 fully saturated rings. The van der Waals surface area contributed by atoms with Crippen LogP contribution in [0.4, 0.5) is 0 Å². The van der Waals surface area contributed by atoms with Gasteiger partial charge in [-0.15, -0.1) is 0 Å². The van der Waals surface area contributed by atoms with Crippen LogP contribution < -0.4 is 5.32 Å². The number of methoxy groups -OCH3 is 1. The first kappa shape index (κ1) is 16.7. The summed E-state index contributed by atoms with van der Waals surface area (Å²) in [5.41, 5.74) is -0.289. The first-order valence-electron chi connectivity index (χ1n) is 8.57. The summed E-state index contributed by atoms with van der Waals surface area (Å²) in [6, 6.07) is 4.28. The predicted molar refractivity (Wildman–Crippen MR) is 85.1 cm³/mol. The van der Waals surface area contributed by atoms with Gasteiger partial charge < -0.3 is 4.74 Å². The van der Waals surface area contributed by atoms with Crippen LogP contribution in [-0.4, -0.2) is 48.8 Å². The van der Waals surface area contributed by atoms with Crippen molar-refractivity contribution in [3.05, 3.63) is 0 Å². The Balaban J connectivity index is 2.03. The average molecular weight is 293 g/mol. The van der Waals surface area contributed by atoms with Crippen molar-refractivity contribution in [1.82, 2.24) is 10.2 Å². The Hall–Kier alpha value is -0.630. The molecule has 0 heterocycles. The number of rotatable bonds is 8. The number of ether oxygens (including phenoxy) is 1. The first-order chi connectivity index (χ1) is 10.1. The van der Waals surface area contributed by atoms with E-state index in [1.165, 1.54) is 19.3 Å². The smallest absolute Gasteiger partial charge is 0.108 e. The van der Waals surface area contributed by atoms with E-state index in [9.17, 15) is 5.26 Å². The highest BCUT2D eigenvalue weighted by molar-refractivity contribution is 5.13. The normalized spacial score (nSPS) is 31.1. The molecule has 0 aromatic carbocycles. The summed E-state index contributed by atoms with van der Waals surface area (Å²) in [6.07, 6.45) is 7.97. The van der Waals surface area contributed by atoms with Crippen LogP contribution in [0.25, 0.3) is 0 Å². The van der Waals surface area contributed by atoms with E-state index in [-0.39, 0.29) is 5.54 Å². The molecule has 2 rings (SSSR count). The van der Waals surface area contributed by atoms with Gasteiger partial charge in [0, 0.05) is 31.8 Å². The monoisotopic (exact) mass is 293 g/mol. The Morgan fingerprint density at radius 2 is 2.19 bits per heavy atom. The summed E-state index contributed by atoms with van der Waals surface area (Å²) in [5.74, 6) is 0. The second-order valence-electron chi connectivity index (χ2n) is 6.85. The summed E-state index contributed by atoms with van der Waals surface area (Å²) in [5, 5.41) is 13.4. The van der Waals surface area contributed by atoms with Gasteiger partial charge in [0.15, 0.2) is 0 Å². The molecule has 0 bridgehead atoms. The lowest BCUT2D eigenvalue weighted by Crippen LogP contribution is -2.55. The van der Waals surface area contributed by atoms with E-state index in [4.69, 9.17) is 4.74 Å². The molecule has 3 atom stereocenters. The standard InChI is InChI=1S/C17H31N3O/c1-4-14(2)20(10-11-21-3)16-6-5-9-17(12-16,13-18)19-15-7-8-15/h14-16,19H,4-12H2,1-3H3. The molecule has 0 spiro atoms. The minimum Gasteiger partial charge on any atom is -0.383 e. The number of nitrogens with one attached hydrogen (secondary N) is 1. The maximum absolute atomic E-state index is 9.73. The molecule has 0 aliphatic heterocycles. The van der Waals surface area contributed by atoms with Gasteiger partial charge in [0.25, 0.3) is 0 Å². The van der Waals surface area contributed by atoms with E-state index in [1.807, 2.05) is 0 Å². The Labute approximate surface area is 129 Å². The fourth-order valence-corrected chi connectivity index (χ4v) is 3.61. The molecule has 21 heavy (non-hydrogen) atoms. The molecule has 0 aromatic heterocycles. The molecule has 3 unspecified atom stereocenters. The molecule has 2 aliphatic rings. The third-order valence-corrected chi connectivity index (χ3v) is 5.18. The summed E-state index contributed by atoms with van der Waals surface area (Å²) >= 11 is 0. The minimum atomic E-state index is -0.289. The highest BCUT2D eigenvalue weighted by Gasteiger charge is 2.42. The van der Waals surface area contributed by atoms with E-state index in [0.29, 0.717) is 18.1 Å². The molecule has 4 heteroatoms. The lowest BCUT2D eigenvalue weighted by molar-refractivity contribution is 0.0549. The van der Waals surface area contributed by atoms with Gasteiger partial charge in [-0.05, 0) is 51.9 Å². The summed E-state index contributed by atoms with van der Waals surface area (Å²) in [4.78, 5) is 2.57. The zero-order valence-corrected chi connectivity index (χ0v) is 13.9. The van der Waals surface area contributed by atoms with Crippen LogP contribution >= 0.6 is 0 Å². The van der Waals surface area contributed by atoms with Crippen molar-refractivity contribution >= 4 is 0 Å². The van der Waals surface area contributed by atoms with Crippen molar-refractivity contribution < 1.29 is 4.74 Å². The van der Waals surface area contributed by atoms with Gasteiger partial charge in [0.05, 0.1) is 12.7 Å². The van der Waals surface area contributed by atoms with Crippen LogP contribution in [0.1, 0.15) is 58.8 Å². The van der Waals surface area contributed by atoms with Gasteiger partial charge in [-0.3, -0.25) is 10.2 Å². The average Bonchev–Trinajstić information content (AvgIpc) is 3.31. The Morgan fingerprint density at radius 3 is 2.76 bits per heavy atom. The van der Waals surface area contributed by atoms with Crippen molar-refractivity contribution in [1.29, 1.82) is 5.26 Å². The van der Waals surface area contributed by atoms with Crippen LogP contribution in [0.3, 0.4) is 0 Å². The number of hydrogen-bond donors (Lipinski definition) is 1. The molecule has 0 aromatic rings. The van der Waals surface area contributed by atoms with Crippen molar-refractivity contribution in [2.75, 3.05) is 20.3 Å². The lowest BCUT2D eigenvalue weighted by atomic mass is 9.78. The second kappa shape index (κ2) is 7.58. The molecular weight excluding hydrogens is 262 g/mol. The van der Waals surface area contributed by atoms with Gasteiger partial charge in [-0.1, -0.05) is 6.92 Å². The Bertz CT molecular complexity index is 364. The van der Waals surface area contributed by atoms with Crippen molar-refractivity contribution in [3.8, 4) is 6.07 Å². The Kier molecular flexibility index (Phi) is 6.04. The van der Waals surface area contributed by atoms with E-state index >= 15 is 0 Å². The molecule has 2 aliphatic carbocycles. The molecule has 2 saturated carbocycles. The first-order valence-corrected chi connectivity index (χ1v) is 8.57. The number of nitrogens with zero attached hydrogens (tertiary/aromatic N) is 2. The van der Waals surface area contributed by atoms with E-state index < -0.39 is 0 Å². The Morgan fingerprint density at radius 1 is 1.43 bits per heavy atom. The third kappa shape index (κ3) is 4.42. The fraction of sp³-hybridized carbons (Fsp3) is 0.941. The number of nitriles is 1. The lowest BCUT2D eigenvalue weighted by Gasteiger charge is -2.44. The van der Waals surface area contributed by atoms with Crippen molar-refractivity contribution in [2.45, 2.75) is 82.5 Å². The highest BCUT2D eigenvalue weighted by Crippen LogP contribution is 2.35. The van der Waals surface area contributed by atoms with Crippen LogP contribution in [-0.2, 0) is 4.74 Å². The fourth-order valence-electron chi connectivity index (χ4n) is 3.61. The van der Waals surface area contributed by atoms with Crippen LogP contribution in [0, 0.1) is 11.3 Å². The molecule has 4 nitrogen and oxygen atoms in total. The second-order valence-corrected chi connectivity index (χ2v) is 6.85. The van der Waals surface area contributed by atoms with Gasteiger partial charge in [0.1, 0.15) is 5.54 Å². The summed E-state index contributed by atoms with van der Waals surface area (Å²) < 4.78 is 5.29. The van der Waals surface area contributed by atoms with Crippen LogP contribution in [0.15, 0.2) is 0 Å². The highest BCUT2D eigenvalue weighted by atomic mass is 16.5. The van der Waals surface area contributed by atoms with E-state index in [1.54, 1.807) is 7.11 Å². The van der Waals surface area contributed by atoms with Gasteiger partial charge in [-0.2, -0.15) is 5.26 Å². The van der Waals surface area contributed by atoms with Gasteiger partial charge in [-0.25, -0.2) is 0 Å². The van der Waals surface area contributed by atoms with Crippen LogP contribution in [0.2, 0.25) is 0 Å². The molecule has 120 valence electrons. The maximum Gasteiger partial charge on any atom is 0.108 e. The summed E-state index contributed by atoms with van der Waals surface area (Å²) in [7, 11) is 1.77. The van der Waals surface area contributed by atoms with Crippen molar-refractivity contribution in [2.24, 2.45) is 0 Å². The van der Waals surface area contributed by atoms with Gasteiger partial charge >= 0.3 is 0 Å². The topological polar surface area (TPSA) is 48.3 Å². The summed E-state index contributed by atoms with van der Waals surface area (Å²) in [6.45, 7) is 6.29. The van der Waals surface area contributed by atoms with Crippen LogP contribution in [0.5, 0.6) is 0 Å². The zero-order valence-electron chi connectivity index (χ0n) is 13.9. The molecular formula is C17H31N3O. The largest absolute Gasteiger partial charge is 0.383 e. The van der Waals surface area contributed by atoms with E-state index in [2.05, 4.69) is 30.1 Å². The molecule has 0 radical (unpaired) electrons. The number of hydrogen-bond acceptors (Lipinski definition) is 4. The van der Waals surface area contributed by atoms with E-state index in [0.717, 1.165) is 38.8 Å². The zero-order chi connectivity index (χ0) is 15.3. The molecule has 0 amide bonds. The minimum absolute atomic E-state index is 0.289.